The number of ketones is 2. The minimum absolute atomic E-state index is 0.129. The third kappa shape index (κ3) is 6.00. The Balaban J connectivity index is 1.28. The first kappa shape index (κ1) is 34.3. The second-order valence-corrected chi connectivity index (χ2v) is 14.1. The van der Waals surface area contributed by atoms with Crippen molar-refractivity contribution >= 4 is 23.6 Å². The van der Waals surface area contributed by atoms with E-state index < -0.39 is 64.5 Å². The Morgan fingerprint density at radius 2 is 1.68 bits per heavy atom. The highest BCUT2D eigenvalue weighted by molar-refractivity contribution is 6.01. The van der Waals surface area contributed by atoms with Crippen LogP contribution in [0, 0.1) is 28.6 Å². The summed E-state index contributed by atoms with van der Waals surface area (Å²) in [4.78, 5) is 48.5. The van der Waals surface area contributed by atoms with Crippen LogP contribution in [-0.4, -0.2) is 69.5 Å². The molecule has 1 amide bonds. The molecule has 8 unspecified atom stereocenters. The predicted octanol–water partition coefficient (Wildman–Crippen LogP) is 5.23. The normalized spacial score (nSPS) is 37.4. The van der Waals surface area contributed by atoms with Crippen LogP contribution in [0.1, 0.15) is 104 Å². The number of aliphatic carboxylic acids is 1. The standard InChI is InChI=1S/C34H50FNO8/c1-22-18-26-25-14-13-23-19-24(37)15-16-31(23,2)33(25,35)27(38)20-32(26,3)34(22,43)28(39)21-44-30(42)36-17-11-9-7-5-4-6-8-10-12-29(40)41/h15-16,19,22,25-27,38,43H,4-14,17-18,20-21H2,1-3H3,(H,36,42)(H,40,41). The second-order valence-electron chi connectivity index (χ2n) is 14.1. The van der Waals surface area contributed by atoms with Crippen LogP contribution in [0.2, 0.25) is 0 Å². The summed E-state index contributed by atoms with van der Waals surface area (Å²) in [6, 6.07) is 0. The van der Waals surface area contributed by atoms with Gasteiger partial charge in [-0.25, -0.2) is 9.18 Å². The van der Waals surface area contributed by atoms with Crippen molar-refractivity contribution < 1.29 is 43.6 Å². The van der Waals surface area contributed by atoms with Gasteiger partial charge in [-0.05, 0) is 69.4 Å². The summed E-state index contributed by atoms with van der Waals surface area (Å²) in [7, 11) is 0. The summed E-state index contributed by atoms with van der Waals surface area (Å²) < 4.78 is 22.5. The lowest BCUT2D eigenvalue weighted by molar-refractivity contribution is -0.219. The summed E-state index contributed by atoms with van der Waals surface area (Å²) >= 11 is 0. The van der Waals surface area contributed by atoms with E-state index in [1.54, 1.807) is 26.8 Å². The summed E-state index contributed by atoms with van der Waals surface area (Å²) in [5.41, 5.74) is -5.55. The Labute approximate surface area is 259 Å². The summed E-state index contributed by atoms with van der Waals surface area (Å²) in [6.45, 7) is 5.03. The molecule has 0 bridgehead atoms. The van der Waals surface area contributed by atoms with Gasteiger partial charge in [-0.1, -0.05) is 64.0 Å². The molecule has 246 valence electrons. The lowest BCUT2D eigenvalue weighted by Gasteiger charge is -2.62. The third-order valence-electron chi connectivity index (χ3n) is 11.6. The molecule has 0 radical (unpaired) electrons. The van der Waals surface area contributed by atoms with Crippen LogP contribution in [0.3, 0.4) is 0 Å². The zero-order chi connectivity index (χ0) is 32.3. The fourth-order valence-electron chi connectivity index (χ4n) is 9.08. The van der Waals surface area contributed by atoms with Crippen molar-refractivity contribution in [2.75, 3.05) is 13.2 Å². The molecule has 8 atom stereocenters. The SMILES string of the molecule is CC1CC2C3CCC4=CC(=O)C=CC4(C)C3(F)C(O)CC2(C)C1(O)C(=O)COC(=O)NCCCCCCCCCCC(=O)O. The van der Waals surface area contributed by atoms with Crippen molar-refractivity contribution in [3.8, 4) is 0 Å². The molecule has 4 aliphatic rings. The number of unbranched alkanes of at least 4 members (excludes halogenated alkanes) is 7. The maximum atomic E-state index is 17.3. The molecule has 0 aromatic rings. The monoisotopic (exact) mass is 619 g/mol. The zero-order valence-electron chi connectivity index (χ0n) is 26.4. The molecule has 44 heavy (non-hydrogen) atoms. The van der Waals surface area contributed by atoms with E-state index in [0.29, 0.717) is 37.8 Å². The number of nitrogens with one attached hydrogen (secondary N) is 1. The average Bonchev–Trinajstić information content (AvgIpc) is 3.17. The Bertz CT molecular complexity index is 1190. The number of aliphatic hydroxyl groups is 2. The number of ether oxygens (including phenoxy) is 1. The molecule has 3 fully saturated rings. The summed E-state index contributed by atoms with van der Waals surface area (Å²) in [5.74, 6) is -3.13. The van der Waals surface area contributed by atoms with Gasteiger partial charge >= 0.3 is 12.1 Å². The molecule has 10 heteroatoms. The van der Waals surface area contributed by atoms with E-state index in [2.05, 4.69) is 5.32 Å². The van der Waals surface area contributed by atoms with E-state index in [1.165, 1.54) is 12.2 Å². The molecular weight excluding hydrogens is 569 g/mol. The number of carboxylic acids is 1. The maximum absolute atomic E-state index is 17.3. The molecule has 0 aromatic carbocycles. The quantitative estimate of drug-likeness (QED) is 0.193. The van der Waals surface area contributed by atoms with Gasteiger partial charge in [0, 0.05) is 29.7 Å². The van der Waals surface area contributed by atoms with Crippen LogP contribution in [0.4, 0.5) is 9.18 Å². The van der Waals surface area contributed by atoms with Crippen molar-refractivity contribution in [2.45, 2.75) is 122 Å². The second kappa shape index (κ2) is 13.4. The third-order valence-corrected chi connectivity index (χ3v) is 11.6. The number of halogens is 1. The van der Waals surface area contributed by atoms with E-state index in [0.717, 1.165) is 44.9 Å². The van der Waals surface area contributed by atoms with E-state index in [-0.39, 0.29) is 24.5 Å². The number of hydrogen-bond donors (Lipinski definition) is 4. The summed E-state index contributed by atoms with van der Waals surface area (Å²) in [6.07, 6.45) is 11.0. The minimum atomic E-state index is -2.05. The highest BCUT2D eigenvalue weighted by atomic mass is 19.1. The van der Waals surface area contributed by atoms with Gasteiger partial charge in [-0.2, -0.15) is 0 Å². The average molecular weight is 620 g/mol. The number of amides is 1. The zero-order valence-corrected chi connectivity index (χ0v) is 26.4. The number of carbonyl (C=O) groups is 4. The van der Waals surface area contributed by atoms with Crippen molar-refractivity contribution in [3.05, 3.63) is 23.8 Å². The van der Waals surface area contributed by atoms with Gasteiger partial charge in [0.2, 0.25) is 5.78 Å². The molecular formula is C34H50FNO8. The lowest BCUT2D eigenvalue weighted by atomic mass is 9.44. The van der Waals surface area contributed by atoms with Gasteiger partial charge in [0.1, 0.15) is 5.60 Å². The fraction of sp³-hybridized carbons (Fsp3) is 0.765. The molecule has 0 spiro atoms. The molecule has 4 rings (SSSR count). The Hall–Kier alpha value is -2.59. The van der Waals surface area contributed by atoms with Crippen LogP contribution in [0.15, 0.2) is 23.8 Å². The van der Waals surface area contributed by atoms with Gasteiger partial charge in [0.25, 0.3) is 0 Å². The Morgan fingerprint density at radius 1 is 1.05 bits per heavy atom. The largest absolute Gasteiger partial charge is 0.481 e. The van der Waals surface area contributed by atoms with Crippen molar-refractivity contribution in [1.82, 2.24) is 5.32 Å². The molecule has 9 nitrogen and oxygen atoms in total. The molecule has 0 aromatic heterocycles. The van der Waals surface area contributed by atoms with Crippen LogP contribution < -0.4 is 5.32 Å². The predicted molar refractivity (Wildman–Crippen MR) is 161 cm³/mol. The number of carboxylic acid groups (broad SMARTS) is 1. The molecule has 3 saturated carbocycles. The first-order chi connectivity index (χ1) is 20.7. The molecule has 0 saturated heterocycles. The number of alkyl halides is 1. The van der Waals surface area contributed by atoms with Crippen LogP contribution in [-0.2, 0) is 19.1 Å². The van der Waals surface area contributed by atoms with Crippen LogP contribution >= 0.6 is 0 Å². The fourth-order valence-corrected chi connectivity index (χ4v) is 9.08. The van der Waals surface area contributed by atoms with E-state index >= 15 is 4.39 Å². The van der Waals surface area contributed by atoms with Gasteiger partial charge in [0.15, 0.2) is 18.1 Å². The summed E-state index contributed by atoms with van der Waals surface area (Å²) in [5, 5.41) is 34.8. The van der Waals surface area contributed by atoms with Gasteiger partial charge in [-0.15, -0.1) is 0 Å². The number of rotatable bonds is 14. The smallest absolute Gasteiger partial charge is 0.407 e. The number of Topliss-reactive ketones (excluding diaryl/α,β-unsaturated/α-hetero) is 1. The number of allylic oxidation sites excluding steroid dienone is 4. The first-order valence-corrected chi connectivity index (χ1v) is 16.4. The van der Waals surface area contributed by atoms with E-state index in [9.17, 15) is 29.4 Å². The Kier molecular flexibility index (Phi) is 10.5. The minimum Gasteiger partial charge on any atom is -0.481 e. The molecule has 4 aliphatic carbocycles. The number of alkyl carbamates (subject to hydrolysis) is 1. The van der Waals surface area contributed by atoms with Crippen molar-refractivity contribution in [3.63, 3.8) is 0 Å². The van der Waals surface area contributed by atoms with Gasteiger partial charge < -0.3 is 25.4 Å². The number of hydrogen-bond acceptors (Lipinski definition) is 7. The molecule has 4 N–H and O–H groups in total. The van der Waals surface area contributed by atoms with Gasteiger partial charge in [-0.3, -0.25) is 14.4 Å². The van der Waals surface area contributed by atoms with E-state index in [4.69, 9.17) is 9.84 Å². The number of aliphatic hydroxyl groups excluding tert-OH is 1. The molecule has 0 aliphatic heterocycles. The topological polar surface area (TPSA) is 150 Å². The highest BCUT2D eigenvalue weighted by Crippen LogP contribution is 2.70. The Morgan fingerprint density at radius 3 is 2.34 bits per heavy atom. The van der Waals surface area contributed by atoms with E-state index in [1.807, 2.05) is 0 Å². The van der Waals surface area contributed by atoms with Crippen LogP contribution in [0.5, 0.6) is 0 Å². The van der Waals surface area contributed by atoms with Crippen LogP contribution in [0.25, 0.3) is 0 Å². The van der Waals surface area contributed by atoms with Gasteiger partial charge in [0.05, 0.1) is 6.10 Å². The number of fused-ring (bicyclic) bond motifs is 5. The molecule has 0 heterocycles. The maximum Gasteiger partial charge on any atom is 0.407 e. The first-order valence-electron chi connectivity index (χ1n) is 16.4. The highest BCUT2D eigenvalue weighted by Gasteiger charge is 2.75. The van der Waals surface area contributed by atoms with Crippen molar-refractivity contribution in [2.24, 2.45) is 28.6 Å². The number of carbonyl (C=O) groups excluding carboxylic acids is 3. The lowest BCUT2D eigenvalue weighted by Crippen LogP contribution is -2.69. The van der Waals surface area contributed by atoms with Crippen molar-refractivity contribution in [1.29, 1.82) is 0 Å².